The number of aliphatic hydroxyl groups excluding tert-OH is 3. The predicted octanol–water partition coefficient (Wildman–Crippen LogP) is -1.27. The fraction of sp³-hybridized carbons (Fsp3) is 1.00. The Morgan fingerprint density at radius 1 is 1.29 bits per heavy atom. The molecule has 0 aromatic carbocycles. The molecule has 1 aliphatic heterocycles. The molecule has 0 aromatic heterocycles. The number of rotatable bonds is 3. The lowest BCUT2D eigenvalue weighted by atomic mass is 9.92. The molecule has 1 fully saturated rings. The standard InChI is InChI=1S/C6H10N6O5/c7-11-9-5-3(14)4(15)6(16,10-12-8)2(1-13)17-5/h2-5,13-16H,1H2/t2-,3-,4-,5?,6-/m1/s1. The van der Waals surface area contributed by atoms with E-state index >= 15 is 0 Å². The summed E-state index contributed by atoms with van der Waals surface area (Å²) in [5.74, 6) is 0. The first-order chi connectivity index (χ1) is 8.01. The van der Waals surface area contributed by atoms with Crippen LogP contribution in [0.5, 0.6) is 0 Å². The van der Waals surface area contributed by atoms with Gasteiger partial charge in [-0.2, -0.15) is 0 Å². The Kier molecular flexibility index (Phi) is 4.10. The van der Waals surface area contributed by atoms with Gasteiger partial charge in [-0.05, 0) is 11.1 Å². The van der Waals surface area contributed by atoms with Crippen LogP contribution >= 0.6 is 0 Å². The van der Waals surface area contributed by atoms with Crippen LogP contribution in [-0.2, 0) is 4.74 Å². The summed E-state index contributed by atoms with van der Waals surface area (Å²) in [5, 5.41) is 43.8. The molecule has 0 aliphatic carbocycles. The monoisotopic (exact) mass is 246 g/mol. The molecule has 0 spiro atoms. The zero-order valence-electron chi connectivity index (χ0n) is 8.40. The molecule has 1 saturated heterocycles. The van der Waals surface area contributed by atoms with Gasteiger partial charge in [-0.3, -0.25) is 0 Å². The Hall–Kier alpha value is -1.58. The minimum absolute atomic E-state index is 0.809. The molecule has 0 amide bonds. The first-order valence-corrected chi connectivity index (χ1v) is 4.46. The summed E-state index contributed by atoms with van der Waals surface area (Å²) in [5.41, 5.74) is 13.9. The summed E-state index contributed by atoms with van der Waals surface area (Å²) in [4.78, 5) is 4.66. The van der Waals surface area contributed by atoms with Gasteiger partial charge in [0, 0.05) is 9.82 Å². The minimum atomic E-state index is -2.54. The Labute approximate surface area is 94.1 Å². The van der Waals surface area contributed by atoms with Crippen LogP contribution < -0.4 is 0 Å². The molecule has 94 valence electrons. The minimum Gasteiger partial charge on any atom is -0.394 e. The van der Waals surface area contributed by atoms with Gasteiger partial charge in [0.25, 0.3) is 0 Å². The lowest BCUT2D eigenvalue weighted by Gasteiger charge is -2.44. The van der Waals surface area contributed by atoms with Gasteiger partial charge in [0.05, 0.1) is 6.61 Å². The van der Waals surface area contributed by atoms with Gasteiger partial charge in [0.1, 0.15) is 18.3 Å². The lowest BCUT2D eigenvalue weighted by Crippen LogP contribution is -2.65. The topological polar surface area (TPSA) is 188 Å². The molecule has 5 atom stereocenters. The normalized spacial score (nSPS) is 41.2. The van der Waals surface area contributed by atoms with Crippen molar-refractivity contribution in [1.29, 1.82) is 0 Å². The van der Waals surface area contributed by atoms with Crippen LogP contribution in [0.3, 0.4) is 0 Å². The molecule has 17 heavy (non-hydrogen) atoms. The molecule has 11 nitrogen and oxygen atoms in total. The lowest BCUT2D eigenvalue weighted by molar-refractivity contribution is -0.272. The molecule has 0 radical (unpaired) electrons. The average Bonchev–Trinajstić information content (AvgIpc) is 2.31. The first kappa shape index (κ1) is 13.5. The highest BCUT2D eigenvalue weighted by Gasteiger charge is 2.54. The van der Waals surface area contributed by atoms with Crippen molar-refractivity contribution in [3.8, 4) is 0 Å². The highest BCUT2D eigenvalue weighted by atomic mass is 16.6. The fourth-order valence-corrected chi connectivity index (χ4v) is 1.47. The number of aliphatic hydroxyl groups is 4. The highest BCUT2D eigenvalue weighted by molar-refractivity contribution is 5.01. The van der Waals surface area contributed by atoms with E-state index in [1.165, 1.54) is 0 Å². The van der Waals surface area contributed by atoms with Crippen molar-refractivity contribution < 1.29 is 25.2 Å². The second kappa shape index (κ2) is 5.17. The van der Waals surface area contributed by atoms with Crippen molar-refractivity contribution in [2.45, 2.75) is 30.3 Å². The number of hydrogen-bond acceptors (Lipinski definition) is 7. The number of ether oxygens (including phenoxy) is 1. The largest absolute Gasteiger partial charge is 0.394 e. The zero-order valence-corrected chi connectivity index (χ0v) is 8.40. The predicted molar refractivity (Wildman–Crippen MR) is 51.0 cm³/mol. The van der Waals surface area contributed by atoms with Gasteiger partial charge in [-0.15, -0.1) is 0 Å². The van der Waals surface area contributed by atoms with Gasteiger partial charge < -0.3 is 25.2 Å². The van der Waals surface area contributed by atoms with Gasteiger partial charge in [-0.1, -0.05) is 10.2 Å². The van der Waals surface area contributed by atoms with E-state index < -0.39 is 36.9 Å². The fourth-order valence-electron chi connectivity index (χ4n) is 1.47. The average molecular weight is 246 g/mol. The van der Waals surface area contributed by atoms with Crippen molar-refractivity contribution in [3.63, 3.8) is 0 Å². The molecule has 1 heterocycles. The van der Waals surface area contributed by atoms with Crippen LogP contribution in [0.4, 0.5) is 0 Å². The van der Waals surface area contributed by atoms with Gasteiger partial charge in [0.15, 0.2) is 6.23 Å². The van der Waals surface area contributed by atoms with Crippen LogP contribution in [0.15, 0.2) is 10.2 Å². The molecule has 1 aliphatic rings. The van der Waals surface area contributed by atoms with Crippen molar-refractivity contribution in [1.82, 2.24) is 0 Å². The van der Waals surface area contributed by atoms with Crippen LogP contribution in [-0.4, -0.2) is 57.3 Å². The number of hydrogen-bond donors (Lipinski definition) is 4. The maximum absolute atomic E-state index is 9.81. The smallest absolute Gasteiger partial charge is 0.200 e. The summed E-state index contributed by atoms with van der Waals surface area (Å²) >= 11 is 0. The molecule has 1 rings (SSSR count). The van der Waals surface area contributed by atoms with Gasteiger partial charge in [-0.25, -0.2) is 0 Å². The maximum Gasteiger partial charge on any atom is 0.200 e. The van der Waals surface area contributed by atoms with Crippen molar-refractivity contribution in [2.75, 3.05) is 6.61 Å². The van der Waals surface area contributed by atoms with Crippen molar-refractivity contribution >= 4 is 0 Å². The van der Waals surface area contributed by atoms with Crippen LogP contribution in [0, 0.1) is 0 Å². The van der Waals surface area contributed by atoms with E-state index in [0.717, 1.165) is 0 Å². The quantitative estimate of drug-likeness (QED) is 0.274. The molecule has 11 heteroatoms. The third-order valence-corrected chi connectivity index (χ3v) is 2.36. The molecule has 4 N–H and O–H groups in total. The van der Waals surface area contributed by atoms with E-state index in [-0.39, 0.29) is 0 Å². The number of azide groups is 2. The van der Waals surface area contributed by atoms with Crippen molar-refractivity contribution in [3.05, 3.63) is 20.9 Å². The summed E-state index contributed by atoms with van der Waals surface area (Å²) in [6.07, 6.45) is -6.77. The Balaban J connectivity index is 3.10. The molecular formula is C6H10N6O5. The maximum atomic E-state index is 9.81. The van der Waals surface area contributed by atoms with E-state index in [9.17, 15) is 15.3 Å². The number of nitrogens with zero attached hydrogens (tertiary/aromatic N) is 6. The molecule has 1 unspecified atom stereocenters. The third kappa shape index (κ3) is 2.25. The summed E-state index contributed by atoms with van der Waals surface area (Å²) in [6.45, 7) is -0.809. The van der Waals surface area contributed by atoms with E-state index in [1.807, 2.05) is 0 Å². The Morgan fingerprint density at radius 2 is 1.94 bits per heavy atom. The summed E-state index contributed by atoms with van der Waals surface area (Å²) < 4.78 is 4.83. The molecule has 0 aromatic rings. The zero-order chi connectivity index (χ0) is 13.1. The summed E-state index contributed by atoms with van der Waals surface area (Å²) in [7, 11) is 0. The SMILES string of the molecule is [N-]=[N+]=NC1O[C@H](CO)[C@](O)(N=[N+]=[N-])[C@H](O)[C@H]1O. The second-order valence-electron chi connectivity index (χ2n) is 3.31. The van der Waals surface area contributed by atoms with Crippen LogP contribution in [0.1, 0.15) is 0 Å². The first-order valence-electron chi connectivity index (χ1n) is 4.46. The van der Waals surface area contributed by atoms with Crippen molar-refractivity contribution in [2.24, 2.45) is 10.2 Å². The van der Waals surface area contributed by atoms with E-state index in [2.05, 4.69) is 20.1 Å². The third-order valence-electron chi connectivity index (χ3n) is 2.36. The Bertz CT molecular complexity index is 375. The van der Waals surface area contributed by atoms with E-state index in [4.69, 9.17) is 20.9 Å². The molecular weight excluding hydrogens is 236 g/mol. The van der Waals surface area contributed by atoms with Gasteiger partial charge in [0.2, 0.25) is 5.72 Å². The van der Waals surface area contributed by atoms with Gasteiger partial charge >= 0.3 is 0 Å². The highest BCUT2D eigenvalue weighted by Crippen LogP contribution is 2.31. The van der Waals surface area contributed by atoms with Crippen LogP contribution in [0.25, 0.3) is 20.9 Å². The molecule has 0 saturated carbocycles. The van der Waals surface area contributed by atoms with E-state index in [1.54, 1.807) is 0 Å². The Morgan fingerprint density at radius 3 is 2.41 bits per heavy atom. The van der Waals surface area contributed by atoms with E-state index in [0.29, 0.717) is 0 Å². The van der Waals surface area contributed by atoms with Crippen LogP contribution in [0.2, 0.25) is 0 Å². The second-order valence-corrected chi connectivity index (χ2v) is 3.31. The molecule has 0 bridgehead atoms. The summed E-state index contributed by atoms with van der Waals surface area (Å²) in [6, 6.07) is 0.